The van der Waals surface area contributed by atoms with E-state index < -0.39 is 5.82 Å². The maximum Gasteiger partial charge on any atom is 0.226 e. The number of nitrogens with zero attached hydrogens (tertiary/aromatic N) is 4. The first-order chi connectivity index (χ1) is 12.7. The average Bonchev–Trinajstić information content (AvgIpc) is 3.28. The van der Waals surface area contributed by atoms with E-state index in [9.17, 15) is 4.39 Å². The zero-order valence-electron chi connectivity index (χ0n) is 13.5. The van der Waals surface area contributed by atoms with Gasteiger partial charge in [-0.15, -0.1) is 10.2 Å². The number of nitrogens with two attached hydrogens (primary N) is 1. The van der Waals surface area contributed by atoms with Crippen LogP contribution in [0.25, 0.3) is 22.8 Å². The molecule has 130 valence electrons. The first kappa shape index (κ1) is 16.3. The second-order valence-electron chi connectivity index (χ2n) is 5.45. The molecule has 4 rings (SSSR count). The molecule has 2 N–H and O–H groups in total. The topological polar surface area (TPSA) is 82.8 Å². The van der Waals surface area contributed by atoms with Crippen molar-refractivity contribution in [2.24, 2.45) is 0 Å². The van der Waals surface area contributed by atoms with E-state index in [0.717, 1.165) is 11.3 Å². The molecule has 0 amide bonds. The van der Waals surface area contributed by atoms with Crippen LogP contribution in [-0.4, -0.2) is 19.9 Å². The molecule has 0 unspecified atom stereocenters. The number of oxazole rings is 1. The van der Waals surface area contributed by atoms with E-state index >= 15 is 0 Å². The fraction of sp³-hybridized carbons (Fsp3) is 0.0556. The first-order valence-corrected chi connectivity index (χ1v) is 8.79. The largest absolute Gasteiger partial charge is 0.444 e. The minimum atomic E-state index is -0.396. The molecule has 8 heteroatoms. The van der Waals surface area contributed by atoms with Gasteiger partial charge < -0.3 is 10.3 Å². The van der Waals surface area contributed by atoms with Crippen LogP contribution in [0, 0.1) is 5.82 Å². The van der Waals surface area contributed by atoms with Gasteiger partial charge in [-0.3, -0.25) is 0 Å². The molecule has 0 aliphatic heterocycles. The Morgan fingerprint density at radius 3 is 2.62 bits per heavy atom. The van der Waals surface area contributed by atoms with E-state index in [4.69, 9.17) is 10.3 Å². The van der Waals surface area contributed by atoms with E-state index in [2.05, 4.69) is 15.2 Å². The van der Waals surface area contributed by atoms with Gasteiger partial charge in [0.15, 0.2) is 5.82 Å². The third-order valence-electron chi connectivity index (χ3n) is 3.70. The van der Waals surface area contributed by atoms with Crippen molar-refractivity contribution < 1.29 is 8.81 Å². The predicted octanol–water partition coefficient (Wildman–Crippen LogP) is 3.75. The molecule has 2 aromatic carbocycles. The minimum Gasteiger partial charge on any atom is -0.444 e. The average molecular weight is 367 g/mol. The van der Waals surface area contributed by atoms with Crippen molar-refractivity contribution in [1.82, 2.24) is 19.9 Å². The fourth-order valence-electron chi connectivity index (χ4n) is 2.43. The molecule has 4 aromatic rings. The molecule has 0 fully saturated rings. The zero-order valence-corrected chi connectivity index (χ0v) is 14.4. The van der Waals surface area contributed by atoms with Gasteiger partial charge in [0, 0.05) is 11.3 Å². The van der Waals surface area contributed by atoms with E-state index in [0.29, 0.717) is 22.4 Å². The molecule has 0 bridgehead atoms. The Hall–Kier alpha value is -3.13. The molecule has 0 aliphatic rings. The highest BCUT2D eigenvalue weighted by Gasteiger charge is 2.16. The molecule has 0 aliphatic carbocycles. The van der Waals surface area contributed by atoms with Gasteiger partial charge >= 0.3 is 0 Å². The third kappa shape index (κ3) is 3.18. The highest BCUT2D eigenvalue weighted by molar-refractivity contribution is 7.98. The van der Waals surface area contributed by atoms with Gasteiger partial charge in [-0.2, -0.15) is 0 Å². The molecular formula is C18H14FN5OS. The molecule has 2 aromatic heterocycles. The van der Waals surface area contributed by atoms with Crippen LogP contribution in [0.1, 0.15) is 5.69 Å². The van der Waals surface area contributed by atoms with Gasteiger partial charge in [-0.1, -0.05) is 42.1 Å². The number of hydrogen-bond donors (Lipinski definition) is 1. The van der Waals surface area contributed by atoms with E-state index in [1.54, 1.807) is 24.5 Å². The van der Waals surface area contributed by atoms with Crippen molar-refractivity contribution in [3.8, 4) is 22.8 Å². The van der Waals surface area contributed by atoms with Crippen molar-refractivity contribution >= 4 is 11.8 Å². The van der Waals surface area contributed by atoms with Crippen molar-refractivity contribution in [2.75, 3.05) is 5.84 Å². The Labute approximate surface area is 152 Å². The van der Waals surface area contributed by atoms with Crippen LogP contribution in [0.15, 0.2) is 70.4 Å². The molecule has 26 heavy (non-hydrogen) atoms. The number of halogens is 1. The van der Waals surface area contributed by atoms with Crippen molar-refractivity contribution in [2.45, 2.75) is 10.9 Å². The van der Waals surface area contributed by atoms with E-state index in [1.807, 2.05) is 30.3 Å². The van der Waals surface area contributed by atoms with Gasteiger partial charge in [0.2, 0.25) is 11.0 Å². The number of thioether (sulfide) groups is 1. The van der Waals surface area contributed by atoms with Crippen LogP contribution in [-0.2, 0) is 5.75 Å². The molecule has 0 saturated carbocycles. The summed E-state index contributed by atoms with van der Waals surface area (Å²) in [6.07, 6.45) is 1.60. The zero-order chi connectivity index (χ0) is 17.9. The smallest absolute Gasteiger partial charge is 0.226 e. The van der Waals surface area contributed by atoms with Gasteiger partial charge in [0.25, 0.3) is 0 Å². The second kappa shape index (κ2) is 7.01. The lowest BCUT2D eigenvalue weighted by Crippen LogP contribution is -2.12. The Balaban J connectivity index is 1.50. The summed E-state index contributed by atoms with van der Waals surface area (Å²) in [4.78, 5) is 4.46. The number of hydrogen-bond acceptors (Lipinski definition) is 6. The number of nitrogen functional groups attached to an aromatic ring is 1. The third-order valence-corrected chi connectivity index (χ3v) is 4.68. The fourth-order valence-corrected chi connectivity index (χ4v) is 3.16. The maximum absolute atomic E-state index is 13.9. The highest BCUT2D eigenvalue weighted by atomic mass is 32.2. The Kier molecular flexibility index (Phi) is 4.40. The molecule has 0 saturated heterocycles. The van der Waals surface area contributed by atoms with Crippen LogP contribution in [0.2, 0.25) is 0 Å². The van der Waals surface area contributed by atoms with Gasteiger partial charge in [-0.25, -0.2) is 14.1 Å². The molecular weight excluding hydrogens is 353 g/mol. The Bertz CT molecular complexity index is 1030. The molecule has 0 atom stereocenters. The van der Waals surface area contributed by atoms with E-state index in [1.165, 1.54) is 22.5 Å². The monoisotopic (exact) mass is 367 g/mol. The van der Waals surface area contributed by atoms with Gasteiger partial charge in [0.1, 0.15) is 12.1 Å². The maximum atomic E-state index is 13.9. The number of aromatic nitrogens is 4. The standard InChI is InChI=1S/C18H14FN5OS/c19-15-9-5-4-8-14(15)16-22-23-18(24(16)20)26-11-13-10-25-17(21-13)12-6-2-1-3-7-12/h1-10H,11,20H2. The van der Waals surface area contributed by atoms with Crippen molar-refractivity contribution in [3.05, 3.63) is 72.4 Å². The SMILES string of the molecule is Nn1c(SCc2coc(-c3ccccc3)n2)nnc1-c1ccccc1F. The van der Waals surface area contributed by atoms with Crippen LogP contribution in [0.5, 0.6) is 0 Å². The summed E-state index contributed by atoms with van der Waals surface area (Å²) in [5, 5.41) is 8.50. The minimum absolute atomic E-state index is 0.274. The van der Waals surface area contributed by atoms with Crippen LogP contribution in [0.4, 0.5) is 4.39 Å². The van der Waals surface area contributed by atoms with Gasteiger partial charge in [-0.05, 0) is 24.3 Å². The quantitative estimate of drug-likeness (QED) is 0.427. The summed E-state index contributed by atoms with van der Waals surface area (Å²) in [7, 11) is 0. The summed E-state index contributed by atoms with van der Waals surface area (Å²) >= 11 is 1.35. The normalized spacial score (nSPS) is 11.0. The van der Waals surface area contributed by atoms with Gasteiger partial charge in [0.05, 0.1) is 11.3 Å². The summed E-state index contributed by atoms with van der Waals surface area (Å²) in [5.74, 6) is 6.96. The molecule has 0 radical (unpaired) electrons. The highest BCUT2D eigenvalue weighted by Crippen LogP contribution is 2.26. The second-order valence-corrected chi connectivity index (χ2v) is 6.40. The summed E-state index contributed by atoms with van der Waals surface area (Å²) < 4.78 is 20.7. The number of rotatable bonds is 5. The molecule has 6 nitrogen and oxygen atoms in total. The van der Waals surface area contributed by atoms with Crippen LogP contribution < -0.4 is 5.84 Å². The lowest BCUT2D eigenvalue weighted by atomic mass is 10.2. The summed E-state index contributed by atoms with van der Waals surface area (Å²) in [6, 6.07) is 16.0. The lowest BCUT2D eigenvalue weighted by molar-refractivity contribution is 0.573. The van der Waals surface area contributed by atoms with Crippen LogP contribution in [0.3, 0.4) is 0 Å². The van der Waals surface area contributed by atoms with E-state index in [-0.39, 0.29) is 5.82 Å². The first-order valence-electron chi connectivity index (χ1n) is 7.80. The summed E-state index contributed by atoms with van der Waals surface area (Å²) in [6.45, 7) is 0. The lowest BCUT2D eigenvalue weighted by Gasteiger charge is -2.03. The summed E-state index contributed by atoms with van der Waals surface area (Å²) in [5.41, 5.74) is 1.97. The number of benzene rings is 2. The Morgan fingerprint density at radius 1 is 1.04 bits per heavy atom. The molecule has 0 spiro atoms. The van der Waals surface area contributed by atoms with Crippen molar-refractivity contribution in [1.29, 1.82) is 0 Å². The van der Waals surface area contributed by atoms with Crippen LogP contribution >= 0.6 is 11.8 Å². The Morgan fingerprint density at radius 2 is 1.81 bits per heavy atom. The van der Waals surface area contributed by atoms with Crippen molar-refractivity contribution in [3.63, 3.8) is 0 Å². The predicted molar refractivity (Wildman–Crippen MR) is 97.1 cm³/mol. The molecule has 2 heterocycles.